The molecule has 0 spiro atoms. The van der Waals surface area contributed by atoms with Crippen LogP contribution in [0.5, 0.6) is 17.4 Å². The number of hydrogen-bond acceptors (Lipinski definition) is 6. The van der Waals surface area contributed by atoms with E-state index in [1.807, 2.05) is 25.1 Å². The Morgan fingerprint density at radius 3 is 2.78 bits per heavy atom. The number of nitriles is 1. The fourth-order valence-electron chi connectivity index (χ4n) is 3.57. The molecule has 10 heteroatoms. The highest BCUT2D eigenvalue weighted by Crippen LogP contribution is 2.45. The molecule has 32 heavy (non-hydrogen) atoms. The number of benzene rings is 2. The topological polar surface area (TPSA) is 106 Å². The minimum Gasteiger partial charge on any atom is -0.493 e. The second-order valence-corrected chi connectivity index (χ2v) is 9.06. The normalized spacial score (nSPS) is 15.1. The number of nitrogens with two attached hydrogens (primary N) is 1. The van der Waals surface area contributed by atoms with Gasteiger partial charge in [-0.15, -0.1) is 5.10 Å². The predicted molar refractivity (Wildman–Crippen MR) is 129 cm³/mol. The van der Waals surface area contributed by atoms with Crippen molar-refractivity contribution in [2.75, 3.05) is 7.11 Å². The molecule has 0 unspecified atom stereocenters. The molecule has 0 aliphatic carbocycles. The van der Waals surface area contributed by atoms with Crippen LogP contribution in [0.3, 0.4) is 0 Å². The van der Waals surface area contributed by atoms with Gasteiger partial charge in [-0.05, 0) is 59.3 Å². The zero-order chi connectivity index (χ0) is 23.0. The molecule has 0 saturated carbocycles. The number of rotatable bonds is 5. The van der Waals surface area contributed by atoms with Gasteiger partial charge in [0, 0.05) is 26.9 Å². The van der Waals surface area contributed by atoms with Crippen LogP contribution in [0.15, 0.2) is 41.8 Å². The summed E-state index contributed by atoms with van der Waals surface area (Å²) >= 11 is 14.4. The van der Waals surface area contributed by atoms with Crippen LogP contribution in [0.25, 0.3) is 0 Å². The Hall–Kier alpha value is -2.61. The van der Waals surface area contributed by atoms with E-state index < -0.39 is 5.92 Å². The Balaban J connectivity index is 1.74. The van der Waals surface area contributed by atoms with E-state index in [9.17, 15) is 5.26 Å². The summed E-state index contributed by atoms with van der Waals surface area (Å²) in [4.78, 5) is 0. The summed E-state index contributed by atoms with van der Waals surface area (Å²) in [6.45, 7) is 2.11. The molecule has 1 aliphatic heterocycles. The second-order valence-electron chi connectivity index (χ2n) is 7.05. The number of nitrogens with zero attached hydrogens (tertiary/aromatic N) is 2. The molecule has 0 radical (unpaired) electrons. The van der Waals surface area contributed by atoms with Crippen molar-refractivity contribution >= 4 is 45.8 Å². The molecule has 0 bridgehead atoms. The maximum atomic E-state index is 9.78. The molecule has 0 fully saturated rings. The fourth-order valence-corrected chi connectivity index (χ4v) is 4.81. The predicted octanol–water partition coefficient (Wildman–Crippen LogP) is 5.44. The van der Waals surface area contributed by atoms with Crippen molar-refractivity contribution in [2.24, 2.45) is 5.73 Å². The van der Waals surface area contributed by atoms with E-state index in [0.717, 1.165) is 26.0 Å². The number of ether oxygens (including phenoxy) is 3. The second kappa shape index (κ2) is 9.10. The molecule has 164 valence electrons. The number of hydrogen-bond donors (Lipinski definition) is 2. The monoisotopic (exact) mass is 582 g/mol. The summed E-state index contributed by atoms with van der Waals surface area (Å²) < 4.78 is 18.0. The standard InChI is InChI=1S/C22H17Cl2IN4O3/c1-10-18-19(14(8-26)21(27)32-22(18)29-28-10)12-5-16(25)20(17(6-12)30-2)31-9-11-3-4-13(23)7-15(11)24/h3-7,19H,9,27H2,1-2H3,(H,28,29)/t19-/m0/s1. The van der Waals surface area contributed by atoms with E-state index in [2.05, 4.69) is 38.9 Å². The van der Waals surface area contributed by atoms with Crippen LogP contribution in [-0.4, -0.2) is 17.3 Å². The zero-order valence-corrected chi connectivity index (χ0v) is 20.7. The van der Waals surface area contributed by atoms with Crippen LogP contribution < -0.4 is 19.9 Å². The van der Waals surface area contributed by atoms with Gasteiger partial charge in [-0.3, -0.25) is 5.10 Å². The number of fused-ring (bicyclic) bond motifs is 1. The van der Waals surface area contributed by atoms with Crippen LogP contribution in [0.4, 0.5) is 0 Å². The largest absolute Gasteiger partial charge is 0.493 e. The van der Waals surface area contributed by atoms with Crippen LogP contribution >= 0.6 is 45.8 Å². The molecule has 7 nitrogen and oxygen atoms in total. The smallest absolute Gasteiger partial charge is 0.244 e. The Bertz CT molecular complexity index is 1280. The van der Waals surface area contributed by atoms with Crippen molar-refractivity contribution in [2.45, 2.75) is 19.4 Å². The summed E-state index contributed by atoms with van der Waals surface area (Å²) in [5, 5.41) is 17.9. The Kier molecular flexibility index (Phi) is 6.42. The van der Waals surface area contributed by atoms with Gasteiger partial charge >= 0.3 is 0 Å². The number of aromatic amines is 1. The maximum Gasteiger partial charge on any atom is 0.244 e. The molecule has 3 N–H and O–H groups in total. The lowest BCUT2D eigenvalue weighted by Gasteiger charge is -2.25. The third-order valence-electron chi connectivity index (χ3n) is 5.10. The Morgan fingerprint density at radius 1 is 1.31 bits per heavy atom. The van der Waals surface area contributed by atoms with Crippen LogP contribution in [0, 0.1) is 21.8 Å². The summed E-state index contributed by atoms with van der Waals surface area (Å²) in [6.07, 6.45) is 0. The number of aromatic nitrogens is 2. The molecular weight excluding hydrogens is 566 g/mol. The van der Waals surface area contributed by atoms with Crippen molar-refractivity contribution in [1.29, 1.82) is 5.26 Å². The molecule has 1 aromatic heterocycles. The molecule has 2 heterocycles. The minimum atomic E-state index is -0.454. The SMILES string of the molecule is COc1cc([C@H]2C(C#N)=C(N)Oc3n[nH]c(C)c32)cc(I)c1OCc1ccc(Cl)cc1Cl. The number of aryl methyl sites for hydroxylation is 1. The highest BCUT2D eigenvalue weighted by molar-refractivity contribution is 14.1. The average molecular weight is 583 g/mol. The molecule has 1 atom stereocenters. The molecule has 0 amide bonds. The summed E-state index contributed by atoms with van der Waals surface area (Å²) in [7, 11) is 1.56. The van der Waals surface area contributed by atoms with Gasteiger partial charge in [-0.25, -0.2) is 0 Å². The van der Waals surface area contributed by atoms with Crippen molar-refractivity contribution in [3.8, 4) is 23.4 Å². The minimum absolute atomic E-state index is 0.0307. The molecule has 3 aromatic rings. The Morgan fingerprint density at radius 2 is 2.09 bits per heavy atom. The van der Waals surface area contributed by atoms with E-state index in [-0.39, 0.29) is 12.5 Å². The van der Waals surface area contributed by atoms with Crippen molar-refractivity contribution in [3.05, 3.63) is 77.8 Å². The van der Waals surface area contributed by atoms with Crippen LogP contribution in [-0.2, 0) is 6.61 Å². The molecule has 2 aromatic carbocycles. The first kappa shape index (κ1) is 22.6. The quantitative estimate of drug-likeness (QED) is 0.388. The lowest BCUT2D eigenvalue weighted by molar-refractivity contribution is 0.282. The third kappa shape index (κ3) is 4.08. The molecular formula is C22H17Cl2IN4O3. The maximum absolute atomic E-state index is 9.78. The number of H-pyrrole nitrogens is 1. The zero-order valence-electron chi connectivity index (χ0n) is 17.0. The first-order chi connectivity index (χ1) is 15.3. The highest BCUT2D eigenvalue weighted by Gasteiger charge is 2.35. The summed E-state index contributed by atoms with van der Waals surface area (Å²) in [5.74, 6) is 1.01. The number of methoxy groups -OCH3 is 1. The highest BCUT2D eigenvalue weighted by atomic mass is 127. The van der Waals surface area contributed by atoms with Gasteiger partial charge in [-0.1, -0.05) is 29.3 Å². The first-order valence-electron chi connectivity index (χ1n) is 9.40. The lowest BCUT2D eigenvalue weighted by atomic mass is 9.84. The van der Waals surface area contributed by atoms with Gasteiger partial charge in [0.15, 0.2) is 11.5 Å². The number of halogens is 3. The van der Waals surface area contributed by atoms with Gasteiger partial charge in [0.2, 0.25) is 11.8 Å². The van der Waals surface area contributed by atoms with Crippen LogP contribution in [0.1, 0.15) is 28.3 Å². The first-order valence-corrected chi connectivity index (χ1v) is 11.2. The Labute approximate surface area is 208 Å². The van der Waals surface area contributed by atoms with Gasteiger partial charge in [0.25, 0.3) is 0 Å². The van der Waals surface area contributed by atoms with Gasteiger partial charge in [0.1, 0.15) is 18.2 Å². The van der Waals surface area contributed by atoms with E-state index >= 15 is 0 Å². The van der Waals surface area contributed by atoms with Crippen molar-refractivity contribution in [3.63, 3.8) is 0 Å². The average Bonchev–Trinajstić information content (AvgIpc) is 3.12. The van der Waals surface area contributed by atoms with E-state index in [4.69, 9.17) is 43.1 Å². The summed E-state index contributed by atoms with van der Waals surface area (Å²) in [5.41, 5.74) is 9.47. The van der Waals surface area contributed by atoms with Gasteiger partial charge < -0.3 is 19.9 Å². The van der Waals surface area contributed by atoms with E-state index in [1.54, 1.807) is 19.2 Å². The molecule has 4 rings (SSSR count). The molecule has 1 aliphatic rings. The van der Waals surface area contributed by atoms with Crippen molar-refractivity contribution < 1.29 is 14.2 Å². The molecule has 0 saturated heterocycles. The third-order valence-corrected chi connectivity index (χ3v) is 6.49. The lowest BCUT2D eigenvalue weighted by Crippen LogP contribution is -2.21. The summed E-state index contributed by atoms with van der Waals surface area (Å²) in [6, 6.07) is 11.2. The van der Waals surface area contributed by atoms with E-state index in [1.165, 1.54) is 0 Å². The number of allylic oxidation sites excluding steroid dienone is 1. The van der Waals surface area contributed by atoms with Gasteiger partial charge in [0.05, 0.1) is 16.6 Å². The number of nitrogens with one attached hydrogen (secondary N) is 1. The van der Waals surface area contributed by atoms with E-state index in [0.29, 0.717) is 33.0 Å². The van der Waals surface area contributed by atoms with Crippen molar-refractivity contribution in [1.82, 2.24) is 10.2 Å². The van der Waals surface area contributed by atoms with Crippen LogP contribution in [0.2, 0.25) is 10.0 Å². The fraction of sp³-hybridized carbons (Fsp3) is 0.182. The van der Waals surface area contributed by atoms with Gasteiger partial charge in [-0.2, -0.15) is 5.26 Å².